The Morgan fingerprint density at radius 2 is 1.94 bits per heavy atom. The van der Waals surface area contributed by atoms with E-state index in [0.29, 0.717) is 49.6 Å². The summed E-state index contributed by atoms with van der Waals surface area (Å²) in [4.78, 5) is 28.6. The summed E-state index contributed by atoms with van der Waals surface area (Å²) >= 11 is 0. The molecule has 8 heteroatoms. The second-order valence-corrected chi connectivity index (χ2v) is 7.40. The van der Waals surface area contributed by atoms with Crippen molar-refractivity contribution in [1.29, 1.82) is 0 Å². The maximum atomic E-state index is 13.6. The average Bonchev–Trinajstić information content (AvgIpc) is 2.81. The molecule has 1 fully saturated rings. The molecule has 0 atom stereocenters. The third kappa shape index (κ3) is 3.94. The fourth-order valence-corrected chi connectivity index (χ4v) is 4.04. The van der Waals surface area contributed by atoms with Crippen LogP contribution in [-0.2, 0) is 14.9 Å². The van der Waals surface area contributed by atoms with Crippen molar-refractivity contribution in [1.82, 2.24) is 4.98 Å². The van der Waals surface area contributed by atoms with E-state index >= 15 is 0 Å². The molecule has 160 valence electrons. The standard InChI is InChI=1S/C23H23N3O5/c1-2-31-20-10-9-19(18-4-3-13-24-21(18)20)25-22(27)23(11-14-30-15-12-23)16-5-7-17(8-6-16)26(28)29/h3-10,13H,2,11-12,14-15H2,1H3,(H,25,27). The van der Waals surface area contributed by atoms with Crippen LogP contribution in [0.25, 0.3) is 10.9 Å². The van der Waals surface area contributed by atoms with E-state index in [1.54, 1.807) is 24.4 Å². The third-order valence-electron chi connectivity index (χ3n) is 5.69. The average molecular weight is 421 g/mol. The number of pyridine rings is 1. The Bertz CT molecular complexity index is 1110. The minimum absolute atomic E-state index is 0.00468. The largest absolute Gasteiger partial charge is 0.492 e. The number of hydrogen-bond donors (Lipinski definition) is 1. The number of anilines is 1. The highest BCUT2D eigenvalue weighted by Gasteiger charge is 2.42. The number of ether oxygens (including phenoxy) is 2. The summed E-state index contributed by atoms with van der Waals surface area (Å²) in [5.74, 6) is 0.492. The van der Waals surface area contributed by atoms with Gasteiger partial charge in [-0.2, -0.15) is 0 Å². The number of nitrogens with zero attached hydrogens (tertiary/aromatic N) is 2. The zero-order valence-corrected chi connectivity index (χ0v) is 17.2. The van der Waals surface area contributed by atoms with Crippen molar-refractivity contribution in [3.05, 3.63) is 70.4 Å². The van der Waals surface area contributed by atoms with E-state index in [2.05, 4.69) is 10.3 Å². The summed E-state index contributed by atoms with van der Waals surface area (Å²) in [6, 6.07) is 13.5. The third-order valence-corrected chi connectivity index (χ3v) is 5.69. The van der Waals surface area contributed by atoms with Crippen molar-refractivity contribution in [3.8, 4) is 5.75 Å². The molecule has 1 saturated heterocycles. The Balaban J connectivity index is 1.71. The Labute approximate surface area is 179 Å². The number of hydrogen-bond acceptors (Lipinski definition) is 6. The van der Waals surface area contributed by atoms with Gasteiger partial charge in [-0.25, -0.2) is 0 Å². The van der Waals surface area contributed by atoms with Gasteiger partial charge < -0.3 is 14.8 Å². The van der Waals surface area contributed by atoms with E-state index in [1.807, 2.05) is 25.1 Å². The predicted octanol–water partition coefficient (Wildman–Crippen LogP) is 4.23. The van der Waals surface area contributed by atoms with Gasteiger partial charge in [0.2, 0.25) is 5.91 Å². The number of rotatable bonds is 6. The van der Waals surface area contributed by atoms with Crippen molar-refractivity contribution in [2.75, 3.05) is 25.1 Å². The fraction of sp³-hybridized carbons (Fsp3) is 0.304. The lowest BCUT2D eigenvalue weighted by Crippen LogP contribution is -2.44. The van der Waals surface area contributed by atoms with Gasteiger partial charge in [0, 0.05) is 36.9 Å². The number of carbonyl (C=O) groups is 1. The van der Waals surface area contributed by atoms with E-state index in [0.717, 1.165) is 10.9 Å². The number of fused-ring (bicyclic) bond motifs is 1. The van der Waals surface area contributed by atoms with Crippen molar-refractivity contribution < 1.29 is 19.2 Å². The smallest absolute Gasteiger partial charge is 0.269 e. The first-order valence-electron chi connectivity index (χ1n) is 10.2. The van der Waals surface area contributed by atoms with Crippen molar-refractivity contribution in [2.45, 2.75) is 25.2 Å². The van der Waals surface area contributed by atoms with Gasteiger partial charge in [-0.3, -0.25) is 19.9 Å². The fourth-order valence-electron chi connectivity index (χ4n) is 4.04. The van der Waals surface area contributed by atoms with E-state index < -0.39 is 10.3 Å². The summed E-state index contributed by atoms with van der Waals surface area (Å²) in [5, 5.41) is 14.9. The van der Waals surface area contributed by atoms with Crippen molar-refractivity contribution >= 4 is 28.2 Å². The first-order chi connectivity index (χ1) is 15.0. The molecule has 4 rings (SSSR count). The van der Waals surface area contributed by atoms with Crippen molar-refractivity contribution in [3.63, 3.8) is 0 Å². The second kappa shape index (κ2) is 8.69. The van der Waals surface area contributed by atoms with Crippen LogP contribution in [0.15, 0.2) is 54.7 Å². The van der Waals surface area contributed by atoms with Crippen LogP contribution in [0.2, 0.25) is 0 Å². The SMILES string of the molecule is CCOc1ccc(NC(=O)C2(c3ccc([N+](=O)[O-])cc3)CCOCC2)c2cccnc12. The molecule has 3 aromatic rings. The molecule has 1 amide bonds. The van der Waals surface area contributed by atoms with E-state index in [1.165, 1.54) is 12.1 Å². The lowest BCUT2D eigenvalue weighted by atomic mass is 9.73. The Kier molecular flexibility index (Phi) is 5.81. The Hall–Kier alpha value is -3.52. The number of nitro benzene ring substituents is 1. The second-order valence-electron chi connectivity index (χ2n) is 7.40. The lowest BCUT2D eigenvalue weighted by Gasteiger charge is -2.36. The molecule has 1 aliphatic heterocycles. The highest BCUT2D eigenvalue weighted by molar-refractivity contribution is 6.06. The highest BCUT2D eigenvalue weighted by atomic mass is 16.6. The lowest BCUT2D eigenvalue weighted by molar-refractivity contribution is -0.384. The number of amides is 1. The summed E-state index contributed by atoms with van der Waals surface area (Å²) < 4.78 is 11.2. The molecule has 2 aromatic carbocycles. The molecule has 0 aliphatic carbocycles. The molecule has 0 unspecified atom stereocenters. The van der Waals surface area contributed by atoms with Crippen molar-refractivity contribution in [2.24, 2.45) is 0 Å². The zero-order valence-electron chi connectivity index (χ0n) is 17.2. The van der Waals surface area contributed by atoms with Gasteiger partial charge in [-0.15, -0.1) is 0 Å². The van der Waals surface area contributed by atoms with Crippen LogP contribution in [0.5, 0.6) is 5.75 Å². The maximum absolute atomic E-state index is 13.6. The van der Waals surface area contributed by atoms with Gasteiger partial charge in [0.1, 0.15) is 11.3 Å². The van der Waals surface area contributed by atoms with Crippen LogP contribution in [0.4, 0.5) is 11.4 Å². The molecule has 0 bridgehead atoms. The number of carbonyl (C=O) groups excluding carboxylic acids is 1. The Morgan fingerprint density at radius 1 is 1.19 bits per heavy atom. The molecular weight excluding hydrogens is 398 g/mol. The number of nitrogens with one attached hydrogen (secondary N) is 1. The molecule has 1 aromatic heterocycles. The molecule has 1 N–H and O–H groups in total. The summed E-state index contributed by atoms with van der Waals surface area (Å²) in [6.07, 6.45) is 2.67. The van der Waals surface area contributed by atoms with E-state index in [9.17, 15) is 14.9 Å². The molecule has 2 heterocycles. The predicted molar refractivity (Wildman–Crippen MR) is 116 cm³/mol. The highest BCUT2D eigenvalue weighted by Crippen LogP contribution is 2.38. The molecule has 0 radical (unpaired) electrons. The van der Waals surface area contributed by atoms with Gasteiger partial charge in [0.25, 0.3) is 5.69 Å². The normalized spacial score (nSPS) is 15.4. The van der Waals surface area contributed by atoms with Gasteiger partial charge >= 0.3 is 0 Å². The van der Waals surface area contributed by atoms with Crippen LogP contribution < -0.4 is 10.1 Å². The van der Waals surface area contributed by atoms with Crippen LogP contribution in [0.3, 0.4) is 0 Å². The molecule has 8 nitrogen and oxygen atoms in total. The Morgan fingerprint density at radius 3 is 2.61 bits per heavy atom. The number of non-ortho nitro benzene ring substituents is 1. The van der Waals surface area contributed by atoms with Gasteiger partial charge in [-0.05, 0) is 49.6 Å². The maximum Gasteiger partial charge on any atom is 0.269 e. The van der Waals surface area contributed by atoms with E-state index in [4.69, 9.17) is 9.47 Å². The number of nitro groups is 1. The molecule has 0 spiro atoms. The molecule has 0 saturated carbocycles. The number of benzene rings is 2. The van der Waals surface area contributed by atoms with Gasteiger partial charge in [0.05, 0.1) is 22.6 Å². The number of aromatic nitrogens is 1. The van der Waals surface area contributed by atoms with Crippen LogP contribution in [0, 0.1) is 10.1 Å². The van der Waals surface area contributed by atoms with Crippen LogP contribution in [-0.4, -0.2) is 35.6 Å². The summed E-state index contributed by atoms with van der Waals surface area (Å²) in [6.45, 7) is 3.30. The van der Waals surface area contributed by atoms with E-state index in [-0.39, 0.29) is 11.6 Å². The molecule has 1 aliphatic rings. The van der Waals surface area contributed by atoms with Gasteiger partial charge in [-0.1, -0.05) is 12.1 Å². The zero-order chi connectivity index (χ0) is 21.8. The first kappa shape index (κ1) is 20.7. The minimum atomic E-state index is -0.833. The first-order valence-corrected chi connectivity index (χ1v) is 10.2. The minimum Gasteiger partial charge on any atom is -0.492 e. The van der Waals surface area contributed by atoms with Crippen LogP contribution >= 0.6 is 0 Å². The molecule has 31 heavy (non-hydrogen) atoms. The van der Waals surface area contributed by atoms with Gasteiger partial charge in [0.15, 0.2) is 0 Å². The van der Waals surface area contributed by atoms with Crippen LogP contribution in [0.1, 0.15) is 25.3 Å². The quantitative estimate of drug-likeness (QED) is 0.472. The topological polar surface area (TPSA) is 104 Å². The monoisotopic (exact) mass is 421 g/mol. The summed E-state index contributed by atoms with van der Waals surface area (Å²) in [5.41, 5.74) is 1.23. The summed E-state index contributed by atoms with van der Waals surface area (Å²) in [7, 11) is 0. The molecular formula is C23H23N3O5.